The van der Waals surface area contributed by atoms with Crippen molar-refractivity contribution in [3.05, 3.63) is 49.3 Å². The number of nitro benzene ring substituents is 1. The molecule has 0 unspecified atom stereocenters. The molecule has 0 aliphatic heterocycles. The van der Waals surface area contributed by atoms with Crippen molar-refractivity contribution in [3.8, 4) is 5.69 Å². The molecule has 100 valence electrons. The summed E-state index contributed by atoms with van der Waals surface area (Å²) < 4.78 is 2.71. The number of halogens is 1. The molecule has 19 heavy (non-hydrogen) atoms. The summed E-state index contributed by atoms with van der Waals surface area (Å²) in [5.74, 6) is 0. The summed E-state index contributed by atoms with van der Waals surface area (Å²) in [5.41, 5.74) is 3.14. The van der Waals surface area contributed by atoms with Crippen molar-refractivity contribution in [1.29, 1.82) is 0 Å². The molecule has 2 aromatic rings. The highest BCUT2D eigenvalue weighted by atomic mass is 127. The van der Waals surface area contributed by atoms with Crippen LogP contribution in [0.3, 0.4) is 0 Å². The molecule has 0 saturated carbocycles. The fourth-order valence-corrected chi connectivity index (χ4v) is 2.62. The van der Waals surface area contributed by atoms with Gasteiger partial charge in [-0.3, -0.25) is 10.1 Å². The fourth-order valence-electron chi connectivity index (χ4n) is 1.89. The third kappa shape index (κ3) is 2.78. The number of benzene rings is 1. The number of nitro groups is 1. The summed E-state index contributed by atoms with van der Waals surface area (Å²) in [6.07, 6.45) is 1.75. The van der Waals surface area contributed by atoms with E-state index < -0.39 is 0 Å². The van der Waals surface area contributed by atoms with E-state index in [1.165, 1.54) is 6.07 Å². The number of nitrogens with zero attached hydrogens (tertiary/aromatic N) is 3. The van der Waals surface area contributed by atoms with E-state index in [1.54, 1.807) is 12.1 Å². The summed E-state index contributed by atoms with van der Waals surface area (Å²) in [4.78, 5) is 10.4. The summed E-state index contributed by atoms with van der Waals surface area (Å²) in [7, 11) is 0. The van der Waals surface area contributed by atoms with Gasteiger partial charge in [0.15, 0.2) is 0 Å². The number of non-ortho nitro benzene ring substituents is 1. The summed E-state index contributed by atoms with van der Waals surface area (Å²) in [6, 6.07) is 6.93. The molecule has 1 aromatic heterocycles. The van der Waals surface area contributed by atoms with Gasteiger partial charge in [-0.15, -0.1) is 0 Å². The molecular formula is C13H14IN3O2. The van der Waals surface area contributed by atoms with Gasteiger partial charge in [0, 0.05) is 21.4 Å². The SMILES string of the molecule is CCc1cc(CC)n(-c2ccc([N+](=O)[O-])cc2I)n1. The van der Waals surface area contributed by atoms with Crippen LogP contribution in [-0.4, -0.2) is 14.7 Å². The van der Waals surface area contributed by atoms with Gasteiger partial charge in [0.2, 0.25) is 0 Å². The highest BCUT2D eigenvalue weighted by Crippen LogP contribution is 2.24. The van der Waals surface area contributed by atoms with E-state index in [0.717, 1.165) is 33.5 Å². The highest BCUT2D eigenvalue weighted by Gasteiger charge is 2.13. The zero-order valence-electron chi connectivity index (χ0n) is 10.8. The normalized spacial score (nSPS) is 10.7. The van der Waals surface area contributed by atoms with Gasteiger partial charge in [-0.25, -0.2) is 4.68 Å². The molecule has 6 heteroatoms. The average molecular weight is 371 g/mol. The molecule has 1 aromatic carbocycles. The quantitative estimate of drug-likeness (QED) is 0.470. The monoisotopic (exact) mass is 371 g/mol. The number of aromatic nitrogens is 2. The van der Waals surface area contributed by atoms with Crippen LogP contribution >= 0.6 is 22.6 Å². The van der Waals surface area contributed by atoms with Crippen molar-refractivity contribution >= 4 is 28.3 Å². The lowest BCUT2D eigenvalue weighted by atomic mass is 10.2. The Morgan fingerprint density at radius 3 is 2.58 bits per heavy atom. The van der Waals surface area contributed by atoms with E-state index in [0.29, 0.717) is 0 Å². The predicted octanol–water partition coefficient (Wildman–Crippen LogP) is 3.51. The van der Waals surface area contributed by atoms with E-state index in [-0.39, 0.29) is 10.6 Å². The third-order valence-corrected chi connectivity index (χ3v) is 3.79. The Balaban J connectivity index is 2.52. The predicted molar refractivity (Wildman–Crippen MR) is 81.7 cm³/mol. The minimum atomic E-state index is -0.382. The van der Waals surface area contributed by atoms with Gasteiger partial charge < -0.3 is 0 Å². The van der Waals surface area contributed by atoms with Crippen molar-refractivity contribution in [2.75, 3.05) is 0 Å². The first-order valence-corrected chi connectivity index (χ1v) is 7.16. The maximum atomic E-state index is 10.8. The van der Waals surface area contributed by atoms with Crippen LogP contribution in [0.25, 0.3) is 5.69 Å². The van der Waals surface area contributed by atoms with Crippen LogP contribution in [0, 0.1) is 13.7 Å². The standard InChI is InChI=1S/C13H14IN3O2/c1-3-9-7-10(4-2)16(15-9)13-6-5-11(17(18)19)8-12(13)14/h5-8H,3-4H2,1-2H3. The molecule has 0 aliphatic carbocycles. The van der Waals surface area contributed by atoms with Crippen LogP contribution in [0.2, 0.25) is 0 Å². The zero-order chi connectivity index (χ0) is 14.0. The van der Waals surface area contributed by atoms with Crippen LogP contribution in [0.5, 0.6) is 0 Å². The second kappa shape index (κ2) is 5.68. The van der Waals surface area contributed by atoms with E-state index in [1.807, 2.05) is 4.68 Å². The number of hydrogen-bond acceptors (Lipinski definition) is 3. The molecule has 0 saturated heterocycles. The van der Waals surface area contributed by atoms with Crippen LogP contribution in [0.15, 0.2) is 24.3 Å². The molecule has 1 heterocycles. The molecule has 0 radical (unpaired) electrons. The second-order valence-electron chi connectivity index (χ2n) is 4.14. The largest absolute Gasteiger partial charge is 0.270 e. The number of aryl methyl sites for hydroxylation is 2. The maximum Gasteiger partial charge on any atom is 0.270 e. The fraction of sp³-hybridized carbons (Fsp3) is 0.308. The first-order chi connectivity index (χ1) is 9.06. The van der Waals surface area contributed by atoms with Gasteiger partial charge in [-0.1, -0.05) is 13.8 Å². The topological polar surface area (TPSA) is 61.0 Å². The third-order valence-electron chi connectivity index (χ3n) is 2.93. The Labute approximate surface area is 124 Å². The van der Waals surface area contributed by atoms with Crippen LogP contribution in [0.1, 0.15) is 25.2 Å². The molecule has 0 aliphatic rings. The first-order valence-electron chi connectivity index (χ1n) is 6.09. The van der Waals surface area contributed by atoms with E-state index in [4.69, 9.17) is 0 Å². The zero-order valence-corrected chi connectivity index (χ0v) is 12.9. The van der Waals surface area contributed by atoms with Gasteiger partial charge in [-0.2, -0.15) is 5.10 Å². The molecule has 2 rings (SSSR count). The van der Waals surface area contributed by atoms with Gasteiger partial charge in [0.1, 0.15) is 0 Å². The van der Waals surface area contributed by atoms with Crippen LogP contribution in [0.4, 0.5) is 5.69 Å². The molecule has 0 spiro atoms. The maximum absolute atomic E-state index is 10.8. The average Bonchev–Trinajstić information content (AvgIpc) is 2.81. The molecule has 0 bridgehead atoms. The van der Waals surface area contributed by atoms with Crippen molar-refractivity contribution in [1.82, 2.24) is 9.78 Å². The highest BCUT2D eigenvalue weighted by molar-refractivity contribution is 14.1. The number of hydrogen-bond donors (Lipinski definition) is 0. The summed E-state index contributed by atoms with van der Waals surface area (Å²) in [6.45, 7) is 4.14. The summed E-state index contributed by atoms with van der Waals surface area (Å²) >= 11 is 2.11. The Morgan fingerprint density at radius 1 is 1.32 bits per heavy atom. The van der Waals surface area contributed by atoms with E-state index in [9.17, 15) is 10.1 Å². The number of rotatable bonds is 4. The van der Waals surface area contributed by atoms with E-state index >= 15 is 0 Å². The molecule has 0 N–H and O–H groups in total. The minimum Gasteiger partial charge on any atom is -0.258 e. The van der Waals surface area contributed by atoms with Crippen molar-refractivity contribution in [3.63, 3.8) is 0 Å². The molecule has 0 amide bonds. The van der Waals surface area contributed by atoms with E-state index in [2.05, 4.69) is 47.6 Å². The van der Waals surface area contributed by atoms with Crippen molar-refractivity contribution in [2.45, 2.75) is 26.7 Å². The van der Waals surface area contributed by atoms with Crippen molar-refractivity contribution < 1.29 is 4.92 Å². The van der Waals surface area contributed by atoms with Crippen LogP contribution < -0.4 is 0 Å². The first kappa shape index (κ1) is 14.0. The van der Waals surface area contributed by atoms with Gasteiger partial charge >= 0.3 is 0 Å². The smallest absolute Gasteiger partial charge is 0.258 e. The second-order valence-corrected chi connectivity index (χ2v) is 5.30. The van der Waals surface area contributed by atoms with Crippen LogP contribution in [-0.2, 0) is 12.8 Å². The van der Waals surface area contributed by atoms with Gasteiger partial charge in [0.05, 0.1) is 16.3 Å². The Bertz CT molecular complexity index is 622. The minimum absolute atomic E-state index is 0.106. The molecule has 0 atom stereocenters. The van der Waals surface area contributed by atoms with Gasteiger partial charge in [0.25, 0.3) is 5.69 Å². The molecular weight excluding hydrogens is 357 g/mol. The Morgan fingerprint density at radius 2 is 2.05 bits per heavy atom. The lowest BCUT2D eigenvalue weighted by Gasteiger charge is -2.08. The summed E-state index contributed by atoms with van der Waals surface area (Å²) in [5, 5.41) is 15.3. The lowest BCUT2D eigenvalue weighted by Crippen LogP contribution is -2.04. The Kier molecular flexibility index (Phi) is 4.18. The lowest BCUT2D eigenvalue weighted by molar-refractivity contribution is -0.384. The molecule has 5 nitrogen and oxygen atoms in total. The van der Waals surface area contributed by atoms with Crippen molar-refractivity contribution in [2.24, 2.45) is 0 Å². The Hall–Kier alpha value is -1.44. The van der Waals surface area contributed by atoms with Gasteiger partial charge in [-0.05, 0) is 47.6 Å². The molecule has 0 fully saturated rings.